The summed E-state index contributed by atoms with van der Waals surface area (Å²) in [6.45, 7) is 4.84. The van der Waals surface area contributed by atoms with Crippen LogP contribution in [0.15, 0.2) is 23.2 Å². The van der Waals surface area contributed by atoms with Crippen molar-refractivity contribution in [2.24, 2.45) is 4.99 Å². The second kappa shape index (κ2) is 13.7. The number of aliphatic hydroxyl groups is 3. The average Bonchev–Trinajstić information content (AvgIpc) is 3.06. The van der Waals surface area contributed by atoms with Crippen molar-refractivity contribution >= 4 is 35.6 Å². The van der Waals surface area contributed by atoms with Crippen molar-refractivity contribution in [2.75, 3.05) is 40.0 Å². The standard InChI is InChI=1S/C33H38N2O12.ClH/c1-15-28(38)19(34-16(2)35-7-9-45-10-8-35)11-23(46-15)47-21-13-33(43,22(37)14-36)12-18-25(21)32(42)27-26(30(18)40)29(39)17-5-4-6-20(44-3)24(17)31(27)41;/h4-6,15,19,21,23,28,36,38,40,42-43H,7-14H2,1-3H3;1H/t15?,19-,21-,23?,28+,33?;/m0./s1. The van der Waals surface area contributed by atoms with Gasteiger partial charge in [-0.25, -0.2) is 0 Å². The van der Waals surface area contributed by atoms with E-state index in [0.717, 1.165) is 0 Å². The summed E-state index contributed by atoms with van der Waals surface area (Å²) in [5.41, 5.74) is -3.64. The second-order valence-corrected chi connectivity index (χ2v) is 12.3. The maximum Gasteiger partial charge on any atom is 0.202 e. The van der Waals surface area contributed by atoms with Crippen LogP contribution in [0.5, 0.6) is 17.2 Å². The molecule has 2 aromatic carbocycles. The van der Waals surface area contributed by atoms with Crippen LogP contribution in [-0.4, -0.2) is 124 Å². The zero-order valence-corrected chi connectivity index (χ0v) is 27.5. The molecule has 0 spiro atoms. The van der Waals surface area contributed by atoms with Gasteiger partial charge in [-0.2, -0.15) is 0 Å². The fourth-order valence-electron chi connectivity index (χ4n) is 7.03. The number of hydrogen-bond donors (Lipinski definition) is 5. The number of aromatic hydroxyl groups is 2. The molecule has 0 amide bonds. The zero-order chi connectivity index (χ0) is 33.8. The molecule has 6 atom stereocenters. The number of aliphatic imine (C=N–C) groups is 1. The number of phenols is 2. The predicted molar refractivity (Wildman–Crippen MR) is 170 cm³/mol. The van der Waals surface area contributed by atoms with E-state index < -0.39 is 95.7 Å². The number of ketones is 3. The van der Waals surface area contributed by atoms with Crippen molar-refractivity contribution in [3.8, 4) is 17.2 Å². The minimum Gasteiger partial charge on any atom is -0.507 e. The van der Waals surface area contributed by atoms with Crippen LogP contribution in [0.2, 0.25) is 0 Å². The molecule has 0 bridgehead atoms. The number of methoxy groups -OCH3 is 1. The Bertz CT molecular complexity index is 1660. The largest absolute Gasteiger partial charge is 0.507 e. The normalized spacial score (nSPS) is 28.6. The Morgan fingerprint density at radius 2 is 1.79 bits per heavy atom. The lowest BCUT2D eigenvalue weighted by atomic mass is 9.72. The molecule has 6 rings (SSSR count). The maximum absolute atomic E-state index is 13.9. The monoisotopic (exact) mass is 690 g/mol. The number of Topliss-reactive ketones (excluding diaryl/α,β-unsaturated/α-hetero) is 1. The molecule has 0 aromatic heterocycles. The third kappa shape index (κ3) is 5.95. The number of carbonyl (C=O) groups excluding carboxylic acids is 3. The Morgan fingerprint density at radius 1 is 1.10 bits per heavy atom. The highest BCUT2D eigenvalue weighted by molar-refractivity contribution is 6.31. The molecule has 15 heteroatoms. The number of benzene rings is 2. The van der Waals surface area contributed by atoms with Crippen molar-refractivity contribution in [1.29, 1.82) is 0 Å². The lowest BCUT2D eigenvalue weighted by Gasteiger charge is -2.42. The molecule has 14 nitrogen and oxygen atoms in total. The Labute approximate surface area is 282 Å². The number of fused-ring (bicyclic) bond motifs is 3. The Hall–Kier alpha value is -3.63. The summed E-state index contributed by atoms with van der Waals surface area (Å²) in [4.78, 5) is 47.2. The van der Waals surface area contributed by atoms with Crippen LogP contribution in [0.1, 0.15) is 75.8 Å². The third-order valence-electron chi connectivity index (χ3n) is 9.55. The summed E-state index contributed by atoms with van der Waals surface area (Å²) in [6.07, 6.45) is -5.20. The Kier molecular flexibility index (Phi) is 10.2. The van der Waals surface area contributed by atoms with Gasteiger partial charge in [-0.05, 0) is 19.9 Å². The first-order valence-corrected chi connectivity index (χ1v) is 15.5. The molecule has 2 aliphatic heterocycles. The smallest absolute Gasteiger partial charge is 0.202 e. The van der Waals surface area contributed by atoms with Gasteiger partial charge in [0.1, 0.15) is 35.6 Å². The summed E-state index contributed by atoms with van der Waals surface area (Å²) in [5, 5.41) is 55.4. The first-order chi connectivity index (χ1) is 22.4. The zero-order valence-electron chi connectivity index (χ0n) is 26.7. The number of halogens is 1. The highest BCUT2D eigenvalue weighted by Crippen LogP contribution is 2.52. The molecule has 2 aliphatic carbocycles. The van der Waals surface area contributed by atoms with Gasteiger partial charge in [0.2, 0.25) is 5.78 Å². The summed E-state index contributed by atoms with van der Waals surface area (Å²) >= 11 is 0. The van der Waals surface area contributed by atoms with Gasteiger partial charge in [0.25, 0.3) is 0 Å². The molecule has 2 saturated heterocycles. The molecule has 4 aliphatic rings. The van der Waals surface area contributed by atoms with E-state index in [4.69, 9.17) is 23.9 Å². The molecule has 48 heavy (non-hydrogen) atoms. The van der Waals surface area contributed by atoms with Gasteiger partial charge < -0.3 is 49.4 Å². The lowest BCUT2D eigenvalue weighted by molar-refractivity contribution is -0.247. The molecule has 260 valence electrons. The van der Waals surface area contributed by atoms with E-state index in [-0.39, 0.29) is 46.8 Å². The number of amidine groups is 1. The lowest BCUT2D eigenvalue weighted by Crippen LogP contribution is -2.50. The van der Waals surface area contributed by atoms with Crippen LogP contribution in [0.4, 0.5) is 0 Å². The summed E-state index contributed by atoms with van der Waals surface area (Å²) in [6, 6.07) is 3.73. The molecule has 0 saturated carbocycles. The summed E-state index contributed by atoms with van der Waals surface area (Å²) in [7, 11) is 1.33. The number of morpholine rings is 1. The number of phenolic OH excluding ortho intramolecular Hbond substituents is 2. The molecule has 3 unspecified atom stereocenters. The van der Waals surface area contributed by atoms with Gasteiger partial charge in [0.15, 0.2) is 17.9 Å². The van der Waals surface area contributed by atoms with Crippen molar-refractivity contribution in [3.05, 3.63) is 51.6 Å². The number of ether oxygens (including phenoxy) is 4. The predicted octanol–water partition coefficient (Wildman–Crippen LogP) is 1.21. The summed E-state index contributed by atoms with van der Waals surface area (Å²) in [5.74, 6) is -3.07. The van der Waals surface area contributed by atoms with Gasteiger partial charge in [0.05, 0.1) is 61.1 Å². The number of nitrogens with zero attached hydrogens (tertiary/aromatic N) is 2. The number of hydrogen-bond acceptors (Lipinski definition) is 13. The van der Waals surface area contributed by atoms with E-state index in [9.17, 15) is 39.9 Å². The molecular weight excluding hydrogens is 652 g/mol. The average molecular weight is 691 g/mol. The van der Waals surface area contributed by atoms with Gasteiger partial charge in [-0.1, -0.05) is 12.1 Å². The highest BCUT2D eigenvalue weighted by Gasteiger charge is 2.50. The van der Waals surface area contributed by atoms with E-state index >= 15 is 0 Å². The van der Waals surface area contributed by atoms with Crippen LogP contribution < -0.4 is 4.74 Å². The van der Waals surface area contributed by atoms with E-state index in [1.807, 2.05) is 11.8 Å². The fourth-order valence-corrected chi connectivity index (χ4v) is 7.03. The van der Waals surface area contributed by atoms with E-state index in [1.54, 1.807) is 6.92 Å². The SMILES string of the molecule is COc1cccc2c1C(=O)c1c(O)c3c(c(O)c1C2=O)CC(O)(C(=O)CO)C[C@@H]3OC1C[C@H](N=C(C)N2CCOCC2)[C@H](O)C(C)O1.Cl. The van der Waals surface area contributed by atoms with Crippen molar-refractivity contribution in [1.82, 2.24) is 4.90 Å². The summed E-state index contributed by atoms with van der Waals surface area (Å²) < 4.78 is 23.0. The second-order valence-electron chi connectivity index (χ2n) is 12.3. The van der Waals surface area contributed by atoms with Gasteiger partial charge >= 0.3 is 0 Å². The topological polar surface area (TPSA) is 205 Å². The minimum atomic E-state index is -2.27. The number of carbonyl (C=O) groups is 3. The van der Waals surface area contributed by atoms with Gasteiger partial charge in [0, 0.05) is 49.0 Å². The molecule has 2 aromatic rings. The van der Waals surface area contributed by atoms with Crippen molar-refractivity contribution in [2.45, 2.75) is 69.4 Å². The van der Waals surface area contributed by atoms with Crippen molar-refractivity contribution < 1.29 is 58.9 Å². The van der Waals surface area contributed by atoms with Crippen LogP contribution in [0.25, 0.3) is 0 Å². The quantitative estimate of drug-likeness (QED) is 0.140. The third-order valence-corrected chi connectivity index (χ3v) is 9.55. The van der Waals surface area contributed by atoms with Crippen LogP contribution in [0, 0.1) is 0 Å². The number of rotatable bonds is 6. The maximum atomic E-state index is 13.9. The Morgan fingerprint density at radius 3 is 2.46 bits per heavy atom. The molecule has 2 heterocycles. The molecular formula is C33H39ClN2O12. The molecule has 5 N–H and O–H groups in total. The number of aliphatic hydroxyl groups excluding tert-OH is 2. The first-order valence-electron chi connectivity index (χ1n) is 15.5. The van der Waals surface area contributed by atoms with E-state index in [1.165, 1.54) is 25.3 Å². The van der Waals surface area contributed by atoms with Gasteiger partial charge in [-0.15, -0.1) is 12.4 Å². The fraction of sp³-hybridized carbons (Fsp3) is 0.515. The van der Waals surface area contributed by atoms with Crippen LogP contribution in [-0.2, 0) is 25.4 Å². The first kappa shape index (κ1) is 35.7. The van der Waals surface area contributed by atoms with E-state index in [0.29, 0.717) is 32.1 Å². The van der Waals surface area contributed by atoms with E-state index in [2.05, 4.69) is 0 Å². The minimum absolute atomic E-state index is 0. The van der Waals surface area contributed by atoms with Gasteiger partial charge in [-0.3, -0.25) is 19.4 Å². The highest BCUT2D eigenvalue weighted by atomic mass is 35.5. The Balaban J connectivity index is 0.00000451. The molecule has 0 radical (unpaired) electrons. The van der Waals surface area contributed by atoms with Crippen LogP contribution in [0.3, 0.4) is 0 Å². The molecule has 2 fully saturated rings. The van der Waals surface area contributed by atoms with Crippen LogP contribution >= 0.6 is 12.4 Å². The van der Waals surface area contributed by atoms with Crippen molar-refractivity contribution in [3.63, 3.8) is 0 Å².